The molecule has 0 aromatic carbocycles. The first kappa shape index (κ1) is 11.8. The highest BCUT2D eigenvalue weighted by molar-refractivity contribution is 5.98. The number of carbonyl (C=O) groups is 1. The third-order valence-electron chi connectivity index (χ3n) is 3.32. The monoisotopic (exact) mass is 236 g/mol. The summed E-state index contributed by atoms with van der Waals surface area (Å²) in [5, 5.41) is 0. The molecule has 1 saturated carbocycles. The summed E-state index contributed by atoms with van der Waals surface area (Å²) in [6.07, 6.45) is 2.82. The van der Waals surface area contributed by atoms with Crippen LogP contribution in [0.2, 0.25) is 0 Å². The van der Waals surface area contributed by atoms with Crippen molar-refractivity contribution < 1.29 is 9.53 Å². The first-order valence-electron chi connectivity index (χ1n) is 5.50. The Kier molecular flexibility index (Phi) is 2.74. The molecule has 1 fully saturated rings. The molecule has 0 spiro atoms. The molecule has 1 aromatic rings. The van der Waals surface area contributed by atoms with E-state index in [0.717, 1.165) is 19.3 Å². The van der Waals surface area contributed by atoms with Gasteiger partial charge < -0.3 is 16.2 Å². The van der Waals surface area contributed by atoms with Crippen LogP contribution in [0.1, 0.15) is 41.1 Å². The minimum absolute atomic E-state index is 0.128. The van der Waals surface area contributed by atoms with Crippen LogP contribution in [0.15, 0.2) is 0 Å². The van der Waals surface area contributed by atoms with Crippen LogP contribution in [-0.4, -0.2) is 23.0 Å². The van der Waals surface area contributed by atoms with Gasteiger partial charge in [0.2, 0.25) is 0 Å². The molecule has 17 heavy (non-hydrogen) atoms. The number of carbonyl (C=O) groups excluding carboxylic acids is 1. The number of ether oxygens (including phenoxy) is 1. The van der Waals surface area contributed by atoms with Crippen molar-refractivity contribution in [3.8, 4) is 0 Å². The van der Waals surface area contributed by atoms with Gasteiger partial charge in [-0.05, 0) is 26.2 Å². The molecule has 1 amide bonds. The highest BCUT2D eigenvalue weighted by Gasteiger charge is 2.42. The Hall–Kier alpha value is -1.69. The fourth-order valence-electron chi connectivity index (χ4n) is 2.12. The summed E-state index contributed by atoms with van der Waals surface area (Å²) in [6, 6.07) is 0. The maximum absolute atomic E-state index is 11.2. The number of methoxy groups -OCH3 is 1. The van der Waals surface area contributed by atoms with Crippen molar-refractivity contribution in [2.24, 2.45) is 5.73 Å². The third-order valence-corrected chi connectivity index (χ3v) is 3.32. The maximum atomic E-state index is 11.2. The predicted molar refractivity (Wildman–Crippen MR) is 62.2 cm³/mol. The van der Waals surface area contributed by atoms with Crippen molar-refractivity contribution in [3.05, 3.63) is 17.1 Å². The van der Waals surface area contributed by atoms with Crippen LogP contribution < -0.4 is 11.5 Å². The molecule has 1 aliphatic carbocycles. The molecule has 92 valence electrons. The fraction of sp³-hybridized carbons (Fsp3) is 0.545. The lowest BCUT2D eigenvalue weighted by atomic mass is 9.79. The number of anilines is 1. The minimum atomic E-state index is -0.605. The number of nitrogens with zero attached hydrogens (tertiary/aromatic N) is 2. The van der Waals surface area contributed by atoms with Gasteiger partial charge >= 0.3 is 0 Å². The zero-order valence-electron chi connectivity index (χ0n) is 9.99. The van der Waals surface area contributed by atoms with Gasteiger partial charge in [0.1, 0.15) is 17.0 Å². The van der Waals surface area contributed by atoms with E-state index in [4.69, 9.17) is 16.2 Å². The second kappa shape index (κ2) is 3.96. The Morgan fingerprint density at radius 2 is 2.06 bits per heavy atom. The number of hydrogen-bond acceptors (Lipinski definition) is 5. The summed E-state index contributed by atoms with van der Waals surface area (Å²) in [6.45, 7) is 1.70. The van der Waals surface area contributed by atoms with Crippen molar-refractivity contribution in [2.75, 3.05) is 12.8 Å². The Morgan fingerprint density at radius 3 is 2.41 bits per heavy atom. The van der Waals surface area contributed by atoms with Crippen molar-refractivity contribution in [1.29, 1.82) is 0 Å². The van der Waals surface area contributed by atoms with Gasteiger partial charge in [0.15, 0.2) is 5.82 Å². The smallest absolute Gasteiger partial charge is 0.254 e. The average molecular weight is 236 g/mol. The molecule has 2 rings (SSSR count). The summed E-state index contributed by atoms with van der Waals surface area (Å²) in [5.41, 5.74) is 11.2. The summed E-state index contributed by atoms with van der Waals surface area (Å²) < 4.78 is 5.47. The van der Waals surface area contributed by atoms with E-state index < -0.39 is 11.5 Å². The molecule has 0 aliphatic heterocycles. The number of hydrogen-bond donors (Lipinski definition) is 2. The number of primary amides is 1. The Balaban J connectivity index is 2.49. The van der Waals surface area contributed by atoms with E-state index >= 15 is 0 Å². The van der Waals surface area contributed by atoms with Gasteiger partial charge in [-0.1, -0.05) is 0 Å². The second-order valence-electron chi connectivity index (χ2n) is 4.31. The summed E-state index contributed by atoms with van der Waals surface area (Å²) in [4.78, 5) is 19.7. The normalized spacial score (nSPS) is 17.5. The van der Waals surface area contributed by atoms with Gasteiger partial charge in [-0.25, -0.2) is 9.97 Å². The number of amides is 1. The number of rotatable bonds is 3. The Labute approximate surface area is 99.4 Å². The van der Waals surface area contributed by atoms with Gasteiger partial charge in [-0.2, -0.15) is 0 Å². The molecule has 0 saturated heterocycles. The maximum Gasteiger partial charge on any atom is 0.254 e. The minimum Gasteiger partial charge on any atom is -0.383 e. The van der Waals surface area contributed by atoms with E-state index in [1.807, 2.05) is 0 Å². The van der Waals surface area contributed by atoms with Crippen LogP contribution in [0, 0.1) is 6.92 Å². The van der Waals surface area contributed by atoms with Crippen molar-refractivity contribution in [3.63, 3.8) is 0 Å². The van der Waals surface area contributed by atoms with Gasteiger partial charge in [-0.15, -0.1) is 0 Å². The highest BCUT2D eigenvalue weighted by atomic mass is 16.5. The van der Waals surface area contributed by atoms with Crippen LogP contribution in [0.25, 0.3) is 0 Å². The van der Waals surface area contributed by atoms with Crippen LogP contribution in [0.3, 0.4) is 0 Å². The largest absolute Gasteiger partial charge is 0.383 e. The van der Waals surface area contributed by atoms with Gasteiger partial charge in [-0.3, -0.25) is 4.79 Å². The topological polar surface area (TPSA) is 104 Å². The van der Waals surface area contributed by atoms with Crippen molar-refractivity contribution in [1.82, 2.24) is 9.97 Å². The lowest BCUT2D eigenvalue weighted by molar-refractivity contribution is -0.0846. The Bertz CT molecular complexity index is 440. The summed E-state index contributed by atoms with van der Waals surface area (Å²) in [7, 11) is 1.63. The van der Waals surface area contributed by atoms with Crippen molar-refractivity contribution in [2.45, 2.75) is 31.8 Å². The second-order valence-corrected chi connectivity index (χ2v) is 4.31. The van der Waals surface area contributed by atoms with E-state index in [9.17, 15) is 4.79 Å². The number of aryl methyl sites for hydroxylation is 1. The molecular weight excluding hydrogens is 220 g/mol. The molecule has 0 bridgehead atoms. The SMILES string of the molecule is COC1(c2nc(C)c(C(N)=O)c(N)n2)CCC1. The summed E-state index contributed by atoms with van der Waals surface area (Å²) in [5.74, 6) is 0.0706. The highest BCUT2D eigenvalue weighted by Crippen LogP contribution is 2.43. The van der Waals surface area contributed by atoms with E-state index in [1.165, 1.54) is 0 Å². The summed E-state index contributed by atoms with van der Waals surface area (Å²) >= 11 is 0. The average Bonchev–Trinajstić information content (AvgIpc) is 2.14. The molecule has 0 atom stereocenters. The number of nitrogens with two attached hydrogens (primary N) is 2. The van der Waals surface area contributed by atoms with Gasteiger partial charge in [0, 0.05) is 7.11 Å². The molecule has 6 heteroatoms. The van der Waals surface area contributed by atoms with Crippen LogP contribution in [0.4, 0.5) is 5.82 Å². The first-order chi connectivity index (χ1) is 8.00. The van der Waals surface area contributed by atoms with Crippen molar-refractivity contribution >= 4 is 11.7 Å². The molecule has 1 heterocycles. The lowest BCUT2D eigenvalue weighted by Crippen LogP contribution is -2.38. The van der Waals surface area contributed by atoms with Gasteiger partial charge in [0.05, 0.1) is 5.69 Å². The van der Waals surface area contributed by atoms with Crippen LogP contribution in [-0.2, 0) is 10.3 Å². The van der Waals surface area contributed by atoms with E-state index in [0.29, 0.717) is 11.5 Å². The molecular formula is C11H16N4O2. The fourth-order valence-corrected chi connectivity index (χ4v) is 2.12. The number of aromatic nitrogens is 2. The molecule has 0 unspecified atom stereocenters. The van der Waals surface area contributed by atoms with Crippen LogP contribution in [0.5, 0.6) is 0 Å². The molecule has 0 radical (unpaired) electrons. The van der Waals surface area contributed by atoms with E-state index in [1.54, 1.807) is 14.0 Å². The standard InChI is InChI=1S/C11H16N4O2/c1-6-7(9(13)16)8(12)15-10(14-6)11(17-2)4-3-5-11/h3-5H2,1-2H3,(H2,13,16)(H2,12,14,15). The molecule has 4 N–H and O–H groups in total. The van der Waals surface area contributed by atoms with Crippen LogP contribution >= 0.6 is 0 Å². The molecule has 6 nitrogen and oxygen atoms in total. The third kappa shape index (κ3) is 1.74. The first-order valence-corrected chi connectivity index (χ1v) is 5.50. The van der Waals surface area contributed by atoms with E-state index in [2.05, 4.69) is 9.97 Å². The molecule has 1 aliphatic rings. The number of nitrogen functional groups attached to an aromatic ring is 1. The zero-order valence-corrected chi connectivity index (χ0v) is 9.99. The Morgan fingerprint density at radius 1 is 1.41 bits per heavy atom. The zero-order chi connectivity index (χ0) is 12.6. The predicted octanol–water partition coefficient (Wildman–Crippen LogP) is 0.492. The molecule has 1 aromatic heterocycles. The lowest BCUT2D eigenvalue weighted by Gasteiger charge is -2.39. The van der Waals surface area contributed by atoms with Gasteiger partial charge in [0.25, 0.3) is 5.91 Å². The quantitative estimate of drug-likeness (QED) is 0.794. The van der Waals surface area contributed by atoms with E-state index in [-0.39, 0.29) is 11.4 Å².